The summed E-state index contributed by atoms with van der Waals surface area (Å²) in [4.78, 5) is 12.0. The summed E-state index contributed by atoms with van der Waals surface area (Å²) in [6.07, 6.45) is 2.23. The molecule has 1 N–H and O–H groups in total. The van der Waals surface area contributed by atoms with E-state index < -0.39 is 0 Å². The number of carbonyl (C=O) groups excluding carboxylic acids is 1. The number of halogens is 2. The number of amides is 1. The number of hydrogen-bond acceptors (Lipinski definition) is 1. The van der Waals surface area contributed by atoms with E-state index in [0.29, 0.717) is 11.4 Å². The molecular weight excluding hydrogens is 314 g/mol. The molecule has 0 aromatic heterocycles. The third-order valence-corrected chi connectivity index (χ3v) is 4.62. The van der Waals surface area contributed by atoms with Gasteiger partial charge in [-0.05, 0) is 30.5 Å². The first kappa shape index (κ1) is 15.5. The van der Waals surface area contributed by atoms with Crippen LogP contribution in [0.15, 0.2) is 24.3 Å². The number of rotatable bonds is 6. The molecule has 0 bridgehead atoms. The topological polar surface area (TPSA) is 29.1 Å². The standard InChI is InChI=1S/C14H19BrClNO/c1-3-14(4-2,10-15)17-13(18)9-11-5-7-12(16)8-6-11/h5-8H,3-4,9-10H2,1-2H3,(H,17,18). The third kappa shape index (κ3) is 4.29. The van der Waals surface area contributed by atoms with Crippen molar-refractivity contribution < 1.29 is 4.79 Å². The fraction of sp³-hybridized carbons (Fsp3) is 0.500. The predicted octanol–water partition coefficient (Wildman–Crippen LogP) is 3.95. The lowest BCUT2D eigenvalue weighted by Gasteiger charge is -2.31. The van der Waals surface area contributed by atoms with Crippen molar-refractivity contribution in [2.24, 2.45) is 0 Å². The molecule has 0 radical (unpaired) electrons. The Morgan fingerprint density at radius 3 is 2.28 bits per heavy atom. The van der Waals surface area contributed by atoms with E-state index in [2.05, 4.69) is 35.1 Å². The van der Waals surface area contributed by atoms with Crippen LogP contribution in [0.4, 0.5) is 0 Å². The second kappa shape index (κ2) is 7.15. The van der Waals surface area contributed by atoms with E-state index in [1.807, 2.05) is 24.3 Å². The molecule has 0 aliphatic carbocycles. The minimum Gasteiger partial charge on any atom is -0.350 e. The summed E-state index contributed by atoms with van der Waals surface area (Å²) >= 11 is 9.30. The summed E-state index contributed by atoms with van der Waals surface area (Å²) in [6, 6.07) is 7.38. The zero-order valence-corrected chi connectivity index (χ0v) is 13.1. The van der Waals surface area contributed by atoms with E-state index in [1.54, 1.807) is 0 Å². The molecule has 0 spiro atoms. The average molecular weight is 333 g/mol. The second-order valence-electron chi connectivity index (χ2n) is 4.47. The van der Waals surface area contributed by atoms with Crippen molar-refractivity contribution in [1.29, 1.82) is 0 Å². The molecule has 1 amide bonds. The van der Waals surface area contributed by atoms with Crippen LogP contribution in [0.5, 0.6) is 0 Å². The Morgan fingerprint density at radius 2 is 1.83 bits per heavy atom. The number of carbonyl (C=O) groups is 1. The Bertz CT molecular complexity index is 379. The van der Waals surface area contributed by atoms with Crippen LogP contribution in [0, 0.1) is 0 Å². The Labute approximate surface area is 122 Å². The van der Waals surface area contributed by atoms with Crippen LogP contribution in [-0.2, 0) is 11.2 Å². The molecule has 4 heteroatoms. The molecule has 0 unspecified atom stereocenters. The van der Waals surface area contributed by atoms with Gasteiger partial charge in [-0.1, -0.05) is 53.5 Å². The van der Waals surface area contributed by atoms with Crippen LogP contribution in [0.25, 0.3) is 0 Å². The largest absolute Gasteiger partial charge is 0.350 e. The Morgan fingerprint density at radius 1 is 1.28 bits per heavy atom. The van der Waals surface area contributed by atoms with Gasteiger partial charge in [0.25, 0.3) is 0 Å². The van der Waals surface area contributed by atoms with Crippen molar-refractivity contribution in [1.82, 2.24) is 5.32 Å². The minimum atomic E-state index is -0.135. The van der Waals surface area contributed by atoms with Gasteiger partial charge in [-0.3, -0.25) is 4.79 Å². The molecule has 0 heterocycles. The molecule has 0 aliphatic rings. The van der Waals surface area contributed by atoms with Crippen molar-refractivity contribution in [2.45, 2.75) is 38.6 Å². The monoisotopic (exact) mass is 331 g/mol. The summed E-state index contributed by atoms with van der Waals surface area (Å²) in [5.74, 6) is 0.0560. The lowest BCUT2D eigenvalue weighted by Crippen LogP contribution is -2.49. The zero-order valence-electron chi connectivity index (χ0n) is 10.8. The van der Waals surface area contributed by atoms with Gasteiger partial charge in [0.1, 0.15) is 0 Å². The van der Waals surface area contributed by atoms with E-state index in [-0.39, 0.29) is 11.4 Å². The van der Waals surface area contributed by atoms with Crippen molar-refractivity contribution >= 4 is 33.4 Å². The maximum atomic E-state index is 12.0. The maximum absolute atomic E-state index is 12.0. The van der Waals surface area contributed by atoms with Gasteiger partial charge in [-0.2, -0.15) is 0 Å². The van der Waals surface area contributed by atoms with Crippen molar-refractivity contribution in [3.63, 3.8) is 0 Å². The molecule has 0 saturated carbocycles. The van der Waals surface area contributed by atoms with Crippen molar-refractivity contribution in [3.05, 3.63) is 34.9 Å². The van der Waals surface area contributed by atoms with Crippen molar-refractivity contribution in [2.75, 3.05) is 5.33 Å². The van der Waals surface area contributed by atoms with Gasteiger partial charge in [0, 0.05) is 15.9 Å². The lowest BCUT2D eigenvalue weighted by atomic mass is 9.95. The zero-order chi connectivity index (χ0) is 13.6. The van der Waals surface area contributed by atoms with Crippen molar-refractivity contribution in [3.8, 4) is 0 Å². The molecule has 0 fully saturated rings. The number of nitrogens with one attached hydrogen (secondary N) is 1. The molecule has 1 rings (SSSR count). The van der Waals surface area contributed by atoms with E-state index in [9.17, 15) is 4.79 Å². The van der Waals surface area contributed by atoms with Crippen LogP contribution in [0.3, 0.4) is 0 Å². The summed E-state index contributed by atoms with van der Waals surface area (Å²) in [6.45, 7) is 4.18. The Hall–Kier alpha value is -0.540. The molecule has 0 saturated heterocycles. The number of alkyl halides is 1. The number of hydrogen-bond donors (Lipinski definition) is 1. The first-order valence-electron chi connectivity index (χ1n) is 6.16. The Balaban J connectivity index is 2.63. The average Bonchev–Trinajstić information content (AvgIpc) is 2.39. The second-order valence-corrected chi connectivity index (χ2v) is 5.47. The summed E-state index contributed by atoms with van der Waals surface area (Å²) in [5.41, 5.74) is 0.844. The highest BCUT2D eigenvalue weighted by Crippen LogP contribution is 2.18. The predicted molar refractivity (Wildman–Crippen MR) is 80.4 cm³/mol. The first-order valence-corrected chi connectivity index (χ1v) is 7.66. The normalized spacial score (nSPS) is 11.3. The SMILES string of the molecule is CCC(CC)(CBr)NC(=O)Cc1ccc(Cl)cc1. The molecule has 2 nitrogen and oxygen atoms in total. The quantitative estimate of drug-likeness (QED) is 0.785. The van der Waals surface area contributed by atoms with Gasteiger partial charge in [-0.15, -0.1) is 0 Å². The van der Waals surface area contributed by atoms with E-state index >= 15 is 0 Å². The highest BCUT2D eigenvalue weighted by Gasteiger charge is 2.26. The summed E-state index contributed by atoms with van der Waals surface area (Å²) in [5, 5.41) is 4.59. The molecular formula is C14H19BrClNO. The molecule has 0 atom stereocenters. The summed E-state index contributed by atoms with van der Waals surface area (Å²) in [7, 11) is 0. The van der Waals surface area contributed by atoms with Gasteiger partial charge in [-0.25, -0.2) is 0 Å². The molecule has 0 aliphatic heterocycles. The fourth-order valence-corrected chi connectivity index (χ4v) is 2.84. The van der Waals surface area contributed by atoms with Crippen LogP contribution in [0.2, 0.25) is 5.02 Å². The van der Waals surface area contributed by atoms with E-state index in [4.69, 9.17) is 11.6 Å². The van der Waals surface area contributed by atoms with E-state index in [0.717, 1.165) is 23.7 Å². The number of benzene rings is 1. The highest BCUT2D eigenvalue weighted by atomic mass is 79.9. The summed E-state index contributed by atoms with van der Waals surface area (Å²) < 4.78 is 0. The maximum Gasteiger partial charge on any atom is 0.224 e. The molecule has 100 valence electrons. The van der Waals surface area contributed by atoms with Crippen LogP contribution in [0.1, 0.15) is 32.3 Å². The molecule has 18 heavy (non-hydrogen) atoms. The molecule has 1 aromatic carbocycles. The van der Waals surface area contributed by atoms with Crippen LogP contribution >= 0.6 is 27.5 Å². The van der Waals surface area contributed by atoms with Gasteiger partial charge in [0.15, 0.2) is 0 Å². The lowest BCUT2D eigenvalue weighted by molar-refractivity contribution is -0.122. The van der Waals surface area contributed by atoms with Gasteiger partial charge in [0.05, 0.1) is 6.42 Å². The van der Waals surface area contributed by atoms with Gasteiger partial charge in [0.2, 0.25) is 5.91 Å². The van der Waals surface area contributed by atoms with Gasteiger partial charge < -0.3 is 5.32 Å². The first-order chi connectivity index (χ1) is 8.55. The van der Waals surface area contributed by atoms with E-state index in [1.165, 1.54) is 0 Å². The molecule has 1 aromatic rings. The highest BCUT2D eigenvalue weighted by molar-refractivity contribution is 9.09. The third-order valence-electron chi connectivity index (χ3n) is 3.29. The minimum absolute atomic E-state index is 0.0560. The van der Waals surface area contributed by atoms with Gasteiger partial charge >= 0.3 is 0 Å². The van der Waals surface area contributed by atoms with Crippen LogP contribution in [-0.4, -0.2) is 16.8 Å². The van der Waals surface area contributed by atoms with Crippen LogP contribution < -0.4 is 5.32 Å². The fourth-order valence-electron chi connectivity index (χ4n) is 1.78. The smallest absolute Gasteiger partial charge is 0.224 e. The Kier molecular flexibility index (Phi) is 6.16.